The summed E-state index contributed by atoms with van der Waals surface area (Å²) in [5, 5.41) is 3.91. The number of hydrogen-bond acceptors (Lipinski definition) is 5. The molecule has 1 aromatic carbocycles. The van der Waals surface area contributed by atoms with Crippen LogP contribution in [-0.2, 0) is 11.3 Å². The monoisotopic (exact) mass is 233 g/mol. The number of nitrogens with two attached hydrogens (primary N) is 1. The molecule has 0 bridgehead atoms. The van der Waals surface area contributed by atoms with E-state index in [1.54, 1.807) is 7.11 Å². The smallest absolute Gasteiger partial charge is 0.255 e. The lowest BCUT2D eigenvalue weighted by Gasteiger charge is -2.00. The van der Waals surface area contributed by atoms with E-state index < -0.39 is 0 Å². The molecule has 2 aromatic rings. The number of hydrogen-bond donors (Lipinski definition) is 1. The molecule has 0 aliphatic rings. The van der Waals surface area contributed by atoms with Gasteiger partial charge in [0.15, 0.2) is 0 Å². The van der Waals surface area contributed by atoms with Crippen LogP contribution in [0.5, 0.6) is 0 Å². The van der Waals surface area contributed by atoms with Gasteiger partial charge in [0, 0.05) is 19.2 Å². The first-order valence-electron chi connectivity index (χ1n) is 5.40. The van der Waals surface area contributed by atoms with E-state index in [0.29, 0.717) is 18.3 Å². The Hall–Kier alpha value is -1.72. The number of methoxy groups -OCH3 is 1. The third kappa shape index (κ3) is 2.51. The van der Waals surface area contributed by atoms with Crippen LogP contribution in [0.3, 0.4) is 0 Å². The Balaban J connectivity index is 2.24. The molecular weight excluding hydrogens is 218 g/mol. The van der Waals surface area contributed by atoms with Crippen molar-refractivity contribution in [1.82, 2.24) is 10.1 Å². The first-order valence-corrected chi connectivity index (χ1v) is 5.40. The molecule has 0 amide bonds. The molecule has 90 valence electrons. The lowest BCUT2D eigenvalue weighted by molar-refractivity contribution is 0.0886. The fraction of sp³-hybridized carbons (Fsp3) is 0.333. The van der Waals surface area contributed by atoms with Gasteiger partial charge < -0.3 is 15.0 Å². The van der Waals surface area contributed by atoms with Crippen molar-refractivity contribution in [3.8, 4) is 11.4 Å². The topological polar surface area (TPSA) is 74.2 Å². The van der Waals surface area contributed by atoms with Crippen LogP contribution in [0.1, 0.15) is 24.5 Å². The summed E-state index contributed by atoms with van der Waals surface area (Å²) >= 11 is 0. The number of nitrogens with zero attached hydrogens (tertiary/aromatic N) is 2. The molecule has 0 saturated carbocycles. The number of rotatable bonds is 4. The lowest BCUT2D eigenvalue weighted by Crippen LogP contribution is -1.96. The van der Waals surface area contributed by atoms with Crippen LogP contribution in [0.4, 0.5) is 0 Å². The summed E-state index contributed by atoms with van der Waals surface area (Å²) in [5.74, 6) is 1.04. The molecule has 0 aliphatic heterocycles. The van der Waals surface area contributed by atoms with Crippen LogP contribution in [0.2, 0.25) is 0 Å². The van der Waals surface area contributed by atoms with Gasteiger partial charge in [-0.05, 0) is 12.5 Å². The normalized spacial score (nSPS) is 12.6. The van der Waals surface area contributed by atoms with E-state index in [1.807, 2.05) is 31.2 Å². The van der Waals surface area contributed by atoms with Crippen molar-refractivity contribution >= 4 is 0 Å². The molecule has 0 fully saturated rings. The molecule has 0 radical (unpaired) electrons. The van der Waals surface area contributed by atoms with Crippen molar-refractivity contribution in [3.05, 3.63) is 35.7 Å². The van der Waals surface area contributed by atoms with Gasteiger partial charge in [-0.1, -0.05) is 29.4 Å². The second-order valence-electron chi connectivity index (χ2n) is 3.74. The minimum absolute atomic E-state index is 0.195. The zero-order valence-electron chi connectivity index (χ0n) is 9.88. The maximum atomic E-state index is 5.53. The fourth-order valence-electron chi connectivity index (χ4n) is 1.41. The van der Waals surface area contributed by atoms with Crippen LogP contribution >= 0.6 is 0 Å². The minimum atomic E-state index is -0.195. The molecule has 0 saturated heterocycles. The van der Waals surface area contributed by atoms with Crippen LogP contribution < -0.4 is 5.73 Å². The van der Waals surface area contributed by atoms with Crippen molar-refractivity contribution in [2.75, 3.05) is 7.11 Å². The molecule has 17 heavy (non-hydrogen) atoms. The molecule has 5 nitrogen and oxygen atoms in total. The van der Waals surface area contributed by atoms with Gasteiger partial charge in [-0.3, -0.25) is 0 Å². The zero-order valence-corrected chi connectivity index (χ0v) is 9.88. The molecule has 1 heterocycles. The minimum Gasteiger partial charge on any atom is -0.372 e. The first-order chi connectivity index (χ1) is 8.24. The molecule has 1 aromatic heterocycles. The van der Waals surface area contributed by atoms with Crippen molar-refractivity contribution in [3.63, 3.8) is 0 Å². The standard InChI is InChI=1S/C12H15N3O2/c1-8(16-2)12-14-11(15-17-12)10-5-3-9(7-13)4-6-10/h3-6,8H,7,13H2,1-2H3. The van der Waals surface area contributed by atoms with Gasteiger partial charge in [-0.15, -0.1) is 0 Å². The van der Waals surface area contributed by atoms with Gasteiger partial charge in [-0.25, -0.2) is 0 Å². The van der Waals surface area contributed by atoms with E-state index in [9.17, 15) is 0 Å². The third-order valence-corrected chi connectivity index (χ3v) is 2.59. The summed E-state index contributed by atoms with van der Waals surface area (Å²) < 4.78 is 10.2. The highest BCUT2D eigenvalue weighted by Crippen LogP contribution is 2.20. The SMILES string of the molecule is COC(C)c1nc(-c2ccc(CN)cc2)no1. The molecule has 0 aliphatic carbocycles. The Bertz CT molecular complexity index is 479. The molecule has 1 atom stereocenters. The average molecular weight is 233 g/mol. The largest absolute Gasteiger partial charge is 0.372 e. The summed E-state index contributed by atoms with van der Waals surface area (Å²) in [6.07, 6.45) is -0.195. The van der Waals surface area contributed by atoms with E-state index in [-0.39, 0.29) is 6.10 Å². The summed E-state index contributed by atoms with van der Waals surface area (Å²) in [7, 11) is 1.60. The molecular formula is C12H15N3O2. The maximum absolute atomic E-state index is 5.53. The van der Waals surface area contributed by atoms with E-state index in [4.69, 9.17) is 15.0 Å². The van der Waals surface area contributed by atoms with Crippen molar-refractivity contribution in [2.24, 2.45) is 5.73 Å². The Morgan fingerprint density at radius 1 is 1.35 bits per heavy atom. The van der Waals surface area contributed by atoms with Gasteiger partial charge in [0.25, 0.3) is 5.89 Å². The van der Waals surface area contributed by atoms with Crippen LogP contribution in [0.15, 0.2) is 28.8 Å². The van der Waals surface area contributed by atoms with Gasteiger partial charge in [0.1, 0.15) is 6.10 Å². The van der Waals surface area contributed by atoms with Gasteiger partial charge in [0.05, 0.1) is 0 Å². The second kappa shape index (κ2) is 5.07. The third-order valence-electron chi connectivity index (χ3n) is 2.59. The van der Waals surface area contributed by atoms with E-state index in [0.717, 1.165) is 11.1 Å². The summed E-state index contributed by atoms with van der Waals surface area (Å²) in [4.78, 5) is 4.27. The predicted molar refractivity (Wildman–Crippen MR) is 63.0 cm³/mol. The van der Waals surface area contributed by atoms with E-state index >= 15 is 0 Å². The highest BCUT2D eigenvalue weighted by molar-refractivity contribution is 5.54. The lowest BCUT2D eigenvalue weighted by atomic mass is 10.1. The number of aromatic nitrogens is 2. The Morgan fingerprint density at radius 2 is 2.06 bits per heavy atom. The van der Waals surface area contributed by atoms with Crippen molar-refractivity contribution in [2.45, 2.75) is 19.6 Å². The molecule has 2 N–H and O–H groups in total. The van der Waals surface area contributed by atoms with Gasteiger partial charge >= 0.3 is 0 Å². The van der Waals surface area contributed by atoms with Crippen molar-refractivity contribution < 1.29 is 9.26 Å². The Morgan fingerprint density at radius 3 is 2.65 bits per heavy atom. The summed E-state index contributed by atoms with van der Waals surface area (Å²) in [6, 6.07) is 7.75. The fourth-order valence-corrected chi connectivity index (χ4v) is 1.41. The average Bonchev–Trinajstić information content (AvgIpc) is 2.87. The van der Waals surface area contributed by atoms with Crippen LogP contribution in [0.25, 0.3) is 11.4 Å². The number of ether oxygens (including phenoxy) is 1. The predicted octanol–water partition coefficient (Wildman–Crippen LogP) is 1.90. The Kier molecular flexibility index (Phi) is 3.51. The maximum Gasteiger partial charge on any atom is 0.255 e. The van der Waals surface area contributed by atoms with Crippen LogP contribution in [0, 0.1) is 0 Å². The number of benzene rings is 1. The zero-order chi connectivity index (χ0) is 12.3. The molecule has 2 rings (SSSR count). The molecule has 0 spiro atoms. The molecule has 5 heteroatoms. The highest BCUT2D eigenvalue weighted by atomic mass is 16.5. The Labute approximate surface area is 99.6 Å². The van der Waals surface area contributed by atoms with E-state index in [2.05, 4.69) is 10.1 Å². The van der Waals surface area contributed by atoms with Gasteiger partial charge in [-0.2, -0.15) is 4.98 Å². The van der Waals surface area contributed by atoms with Crippen LogP contribution in [-0.4, -0.2) is 17.3 Å². The quantitative estimate of drug-likeness (QED) is 0.873. The van der Waals surface area contributed by atoms with Crippen molar-refractivity contribution in [1.29, 1.82) is 0 Å². The first kappa shape index (κ1) is 11.8. The summed E-state index contributed by atoms with van der Waals surface area (Å²) in [5.41, 5.74) is 7.51. The van der Waals surface area contributed by atoms with E-state index in [1.165, 1.54) is 0 Å². The highest BCUT2D eigenvalue weighted by Gasteiger charge is 2.14. The van der Waals surface area contributed by atoms with Gasteiger partial charge in [0.2, 0.25) is 5.82 Å². The molecule has 1 unspecified atom stereocenters. The second-order valence-corrected chi connectivity index (χ2v) is 3.74. The summed E-state index contributed by atoms with van der Waals surface area (Å²) in [6.45, 7) is 2.38.